The number of amides is 2. The van der Waals surface area contributed by atoms with Gasteiger partial charge in [0.2, 0.25) is 5.91 Å². The lowest BCUT2D eigenvalue weighted by Gasteiger charge is -2.11. The van der Waals surface area contributed by atoms with Gasteiger partial charge in [-0.05, 0) is 36.4 Å². The minimum absolute atomic E-state index is 0.154. The van der Waals surface area contributed by atoms with Crippen LogP contribution in [0.4, 0.5) is 5.69 Å². The molecule has 0 saturated carbocycles. The van der Waals surface area contributed by atoms with Crippen LogP contribution in [0.2, 0.25) is 0 Å². The van der Waals surface area contributed by atoms with Crippen LogP contribution in [0.15, 0.2) is 42.5 Å². The fraction of sp³-hybridized carbons (Fsp3) is 0.222. The highest BCUT2D eigenvalue weighted by Gasteiger charge is 2.09. The maximum Gasteiger partial charge on any atom is 0.251 e. The predicted molar refractivity (Wildman–Crippen MR) is 91.5 cm³/mol. The molecule has 0 aromatic heterocycles. The largest absolute Gasteiger partial charge is 0.497 e. The van der Waals surface area contributed by atoms with Gasteiger partial charge in [-0.25, -0.2) is 0 Å². The summed E-state index contributed by atoms with van der Waals surface area (Å²) in [6.07, 6.45) is 0. The standard InChI is InChI=1S/C18H20N2O4/c1-12(21)20-15-7-4-13(5-8-15)18(22)19-11-14-6-9-16(23-2)10-17(14)24-3/h4-10H,11H2,1-3H3,(H,19,22)(H,20,21). The normalized spacial score (nSPS) is 9.96. The van der Waals surface area contributed by atoms with Crippen LogP contribution < -0.4 is 20.1 Å². The molecule has 126 valence electrons. The zero-order valence-corrected chi connectivity index (χ0v) is 13.9. The van der Waals surface area contributed by atoms with Crippen LogP contribution in [0.3, 0.4) is 0 Å². The molecule has 0 aliphatic carbocycles. The lowest BCUT2D eigenvalue weighted by Crippen LogP contribution is -2.23. The van der Waals surface area contributed by atoms with Crippen molar-refractivity contribution in [2.75, 3.05) is 19.5 Å². The first kappa shape index (κ1) is 17.3. The second-order valence-corrected chi connectivity index (χ2v) is 5.12. The topological polar surface area (TPSA) is 76.7 Å². The molecule has 0 saturated heterocycles. The quantitative estimate of drug-likeness (QED) is 0.854. The molecule has 6 nitrogen and oxygen atoms in total. The molecule has 2 N–H and O–H groups in total. The fourth-order valence-electron chi connectivity index (χ4n) is 2.18. The Balaban J connectivity index is 2.01. The molecule has 2 rings (SSSR count). The Hall–Kier alpha value is -3.02. The molecule has 0 unspecified atom stereocenters. The average molecular weight is 328 g/mol. The third kappa shape index (κ3) is 4.49. The summed E-state index contributed by atoms with van der Waals surface area (Å²) >= 11 is 0. The first-order valence-electron chi connectivity index (χ1n) is 7.40. The molecular formula is C18H20N2O4. The van der Waals surface area contributed by atoms with Gasteiger partial charge >= 0.3 is 0 Å². The van der Waals surface area contributed by atoms with E-state index in [0.29, 0.717) is 29.3 Å². The Bertz CT molecular complexity index is 726. The van der Waals surface area contributed by atoms with E-state index in [-0.39, 0.29) is 11.8 Å². The molecule has 2 aromatic carbocycles. The van der Waals surface area contributed by atoms with Gasteiger partial charge in [0.25, 0.3) is 5.91 Å². The predicted octanol–water partition coefficient (Wildman–Crippen LogP) is 2.59. The highest BCUT2D eigenvalue weighted by Crippen LogP contribution is 2.24. The molecule has 0 heterocycles. The van der Waals surface area contributed by atoms with Crippen LogP contribution in [-0.4, -0.2) is 26.0 Å². The van der Waals surface area contributed by atoms with Crippen molar-refractivity contribution in [2.45, 2.75) is 13.5 Å². The third-order valence-electron chi connectivity index (χ3n) is 3.40. The zero-order valence-electron chi connectivity index (χ0n) is 13.9. The average Bonchev–Trinajstić information content (AvgIpc) is 2.59. The Labute approximate surface area is 140 Å². The number of hydrogen-bond acceptors (Lipinski definition) is 4. The number of anilines is 1. The fourth-order valence-corrected chi connectivity index (χ4v) is 2.18. The molecule has 0 fully saturated rings. The van der Waals surface area contributed by atoms with E-state index in [1.165, 1.54) is 6.92 Å². The molecule has 24 heavy (non-hydrogen) atoms. The molecule has 2 aromatic rings. The van der Waals surface area contributed by atoms with Crippen LogP contribution in [0, 0.1) is 0 Å². The van der Waals surface area contributed by atoms with Crippen molar-refractivity contribution < 1.29 is 19.1 Å². The maximum absolute atomic E-state index is 12.2. The summed E-state index contributed by atoms with van der Waals surface area (Å²) < 4.78 is 10.5. The summed E-state index contributed by atoms with van der Waals surface area (Å²) in [7, 11) is 3.15. The highest BCUT2D eigenvalue weighted by molar-refractivity contribution is 5.95. The van der Waals surface area contributed by atoms with E-state index < -0.39 is 0 Å². The first-order chi connectivity index (χ1) is 11.5. The number of methoxy groups -OCH3 is 2. The molecule has 0 atom stereocenters. The van der Waals surface area contributed by atoms with Gasteiger partial charge in [0, 0.05) is 36.3 Å². The summed E-state index contributed by atoms with van der Waals surface area (Å²) in [5.74, 6) is 0.979. The molecule has 0 radical (unpaired) electrons. The lowest BCUT2D eigenvalue weighted by atomic mass is 10.1. The second kappa shape index (κ2) is 8.01. The van der Waals surface area contributed by atoms with Crippen LogP contribution >= 0.6 is 0 Å². The summed E-state index contributed by atoms with van der Waals surface area (Å²) in [6, 6.07) is 12.1. The van der Waals surface area contributed by atoms with E-state index in [9.17, 15) is 9.59 Å². The third-order valence-corrected chi connectivity index (χ3v) is 3.40. The molecule has 0 spiro atoms. The van der Waals surface area contributed by atoms with Crippen LogP contribution in [-0.2, 0) is 11.3 Å². The maximum atomic E-state index is 12.2. The summed E-state index contributed by atoms with van der Waals surface area (Å²) in [5.41, 5.74) is 2.01. The number of nitrogens with one attached hydrogen (secondary N) is 2. The summed E-state index contributed by atoms with van der Waals surface area (Å²) in [6.45, 7) is 1.77. The van der Waals surface area contributed by atoms with Crippen LogP contribution in [0.25, 0.3) is 0 Å². The van der Waals surface area contributed by atoms with E-state index in [4.69, 9.17) is 9.47 Å². The van der Waals surface area contributed by atoms with Gasteiger partial charge in [-0.15, -0.1) is 0 Å². The van der Waals surface area contributed by atoms with E-state index in [0.717, 1.165) is 5.56 Å². The van der Waals surface area contributed by atoms with Gasteiger partial charge in [-0.2, -0.15) is 0 Å². The Morgan fingerprint density at radius 1 is 1.00 bits per heavy atom. The molecular weight excluding hydrogens is 308 g/mol. The number of carbonyl (C=O) groups excluding carboxylic acids is 2. The van der Waals surface area contributed by atoms with Crippen LogP contribution in [0.5, 0.6) is 11.5 Å². The van der Waals surface area contributed by atoms with Crippen molar-refractivity contribution in [3.8, 4) is 11.5 Å². The van der Waals surface area contributed by atoms with Gasteiger partial charge in [-0.1, -0.05) is 0 Å². The van der Waals surface area contributed by atoms with Crippen molar-refractivity contribution in [2.24, 2.45) is 0 Å². The van der Waals surface area contributed by atoms with Gasteiger partial charge in [0.05, 0.1) is 14.2 Å². The van der Waals surface area contributed by atoms with E-state index in [1.54, 1.807) is 44.6 Å². The van der Waals surface area contributed by atoms with Crippen molar-refractivity contribution in [3.63, 3.8) is 0 Å². The van der Waals surface area contributed by atoms with Crippen molar-refractivity contribution in [1.29, 1.82) is 0 Å². The van der Waals surface area contributed by atoms with Crippen LogP contribution in [0.1, 0.15) is 22.8 Å². The zero-order chi connectivity index (χ0) is 17.5. The van der Waals surface area contributed by atoms with Crippen molar-refractivity contribution in [3.05, 3.63) is 53.6 Å². The van der Waals surface area contributed by atoms with Gasteiger partial charge in [0.15, 0.2) is 0 Å². The van der Waals surface area contributed by atoms with E-state index in [2.05, 4.69) is 10.6 Å². The van der Waals surface area contributed by atoms with E-state index in [1.807, 2.05) is 12.1 Å². The molecule has 0 aliphatic rings. The molecule has 0 aliphatic heterocycles. The molecule has 2 amide bonds. The van der Waals surface area contributed by atoms with E-state index >= 15 is 0 Å². The summed E-state index contributed by atoms with van der Waals surface area (Å²) in [5, 5.41) is 5.50. The van der Waals surface area contributed by atoms with Gasteiger partial charge in [0.1, 0.15) is 11.5 Å². The monoisotopic (exact) mass is 328 g/mol. The SMILES string of the molecule is COc1ccc(CNC(=O)c2ccc(NC(C)=O)cc2)c(OC)c1. The van der Waals surface area contributed by atoms with Gasteiger partial charge < -0.3 is 20.1 Å². The number of benzene rings is 2. The number of rotatable bonds is 6. The first-order valence-corrected chi connectivity index (χ1v) is 7.40. The molecule has 0 bridgehead atoms. The van der Waals surface area contributed by atoms with Gasteiger partial charge in [-0.3, -0.25) is 9.59 Å². The number of carbonyl (C=O) groups is 2. The van der Waals surface area contributed by atoms with Crippen molar-refractivity contribution in [1.82, 2.24) is 5.32 Å². The Kier molecular flexibility index (Phi) is 5.78. The number of hydrogen-bond donors (Lipinski definition) is 2. The smallest absolute Gasteiger partial charge is 0.251 e. The van der Waals surface area contributed by atoms with Crippen molar-refractivity contribution >= 4 is 17.5 Å². The highest BCUT2D eigenvalue weighted by atomic mass is 16.5. The second-order valence-electron chi connectivity index (χ2n) is 5.12. The Morgan fingerprint density at radius 3 is 2.29 bits per heavy atom. The minimum Gasteiger partial charge on any atom is -0.497 e. The molecule has 6 heteroatoms. The minimum atomic E-state index is -0.206. The lowest BCUT2D eigenvalue weighted by molar-refractivity contribution is -0.114. The summed E-state index contributed by atoms with van der Waals surface area (Å²) in [4.78, 5) is 23.2. The Morgan fingerprint density at radius 2 is 1.71 bits per heavy atom. The number of ether oxygens (including phenoxy) is 2.